The molecule has 0 amide bonds. The van der Waals surface area contributed by atoms with E-state index in [1.807, 2.05) is 6.07 Å². The fraction of sp³-hybridized carbons (Fsp3) is 0.583. The summed E-state index contributed by atoms with van der Waals surface area (Å²) in [5, 5.41) is 11.2. The van der Waals surface area contributed by atoms with E-state index in [9.17, 15) is 14.7 Å². The maximum atomic E-state index is 11.9. The number of rotatable bonds is 4. The average Bonchev–Trinajstić information content (AvgIpc) is 2.70. The normalized spacial score (nSPS) is 31.3. The Hall–Kier alpha value is -2.70. The minimum Gasteiger partial charge on any atom is -0.504 e. The second-order valence-corrected chi connectivity index (χ2v) is 8.92. The molecule has 2 bridgehead atoms. The molecule has 1 N–H and O–H groups in total. The summed E-state index contributed by atoms with van der Waals surface area (Å²) in [5.74, 6) is 0.728. The lowest BCUT2D eigenvalue weighted by molar-refractivity contribution is -0.169. The molecule has 5 atom stereocenters. The molecule has 0 aromatic heterocycles. The van der Waals surface area contributed by atoms with Crippen molar-refractivity contribution < 1.29 is 33.6 Å². The number of aromatic hydroxyl groups is 1. The predicted octanol–water partition coefficient (Wildman–Crippen LogP) is 3.41. The summed E-state index contributed by atoms with van der Waals surface area (Å²) < 4.78 is 22.6. The third-order valence-electron chi connectivity index (χ3n) is 7.21. The van der Waals surface area contributed by atoms with E-state index < -0.39 is 29.6 Å². The van der Waals surface area contributed by atoms with Crippen LogP contribution in [0.2, 0.25) is 0 Å². The van der Waals surface area contributed by atoms with Crippen LogP contribution in [0, 0.1) is 11.8 Å². The Morgan fingerprint density at radius 2 is 1.81 bits per heavy atom. The number of hydrogen-bond acceptors (Lipinski definition) is 7. The van der Waals surface area contributed by atoms with Crippen molar-refractivity contribution in [3.63, 3.8) is 0 Å². The SMILES string of the molecule is COC1=C2[C@@H]3Cc4ccc(OC)c(O)c4[C@]2(CCC3C)CC(OC(C)=O)C1OC(C)=O. The van der Waals surface area contributed by atoms with Crippen molar-refractivity contribution in [1.82, 2.24) is 0 Å². The van der Waals surface area contributed by atoms with Crippen LogP contribution in [0.25, 0.3) is 0 Å². The van der Waals surface area contributed by atoms with Gasteiger partial charge in [0.25, 0.3) is 0 Å². The highest BCUT2D eigenvalue weighted by atomic mass is 16.6. The third kappa shape index (κ3) is 3.25. The van der Waals surface area contributed by atoms with Gasteiger partial charge in [0.15, 0.2) is 17.6 Å². The molecule has 3 aliphatic rings. The molecule has 4 rings (SSSR count). The van der Waals surface area contributed by atoms with E-state index in [0.717, 1.165) is 36.0 Å². The van der Waals surface area contributed by atoms with E-state index >= 15 is 0 Å². The Morgan fingerprint density at radius 1 is 1.10 bits per heavy atom. The molecule has 0 spiro atoms. The summed E-state index contributed by atoms with van der Waals surface area (Å²) in [7, 11) is 3.09. The van der Waals surface area contributed by atoms with Crippen LogP contribution >= 0.6 is 0 Å². The number of carbonyl (C=O) groups excluding carboxylic acids is 2. The number of hydrogen-bond donors (Lipinski definition) is 1. The molecule has 0 saturated heterocycles. The number of phenolic OH excluding ortho intramolecular Hbond substituents is 1. The molecular formula is C24H30O7. The van der Waals surface area contributed by atoms with Crippen LogP contribution in [0.4, 0.5) is 0 Å². The Labute approximate surface area is 182 Å². The molecular weight excluding hydrogens is 400 g/mol. The van der Waals surface area contributed by atoms with Gasteiger partial charge in [-0.15, -0.1) is 0 Å². The minimum atomic E-state index is -0.809. The largest absolute Gasteiger partial charge is 0.504 e. The maximum Gasteiger partial charge on any atom is 0.303 e. The predicted molar refractivity (Wildman–Crippen MR) is 112 cm³/mol. The van der Waals surface area contributed by atoms with Crippen LogP contribution in [-0.2, 0) is 35.6 Å². The lowest BCUT2D eigenvalue weighted by Crippen LogP contribution is -2.55. The standard InChI is InChI=1S/C24H30O7/c1-12-8-9-24-11-18(30-13(2)25)22(31-14(3)26)23(29-5)20(24)16(12)10-15-6-7-17(28-4)21(27)19(15)24/h6-7,12,16,18,22,27H,8-11H2,1-5H3/t12?,16-,18?,22?,24+/m1/s1. The number of phenols is 1. The van der Waals surface area contributed by atoms with Gasteiger partial charge in [-0.3, -0.25) is 9.59 Å². The van der Waals surface area contributed by atoms with E-state index in [0.29, 0.717) is 23.8 Å². The van der Waals surface area contributed by atoms with Crippen LogP contribution in [0.3, 0.4) is 0 Å². The first kappa shape index (κ1) is 21.5. The topological polar surface area (TPSA) is 91.3 Å². The zero-order chi connectivity index (χ0) is 22.5. The Balaban J connectivity index is 2.01. The fourth-order valence-electron chi connectivity index (χ4n) is 6.09. The highest BCUT2D eigenvalue weighted by molar-refractivity contribution is 5.69. The molecule has 168 valence electrons. The highest BCUT2D eigenvalue weighted by Gasteiger charge is 2.59. The summed E-state index contributed by atoms with van der Waals surface area (Å²) in [6.07, 6.45) is 1.37. The van der Waals surface area contributed by atoms with E-state index in [4.69, 9.17) is 18.9 Å². The fourth-order valence-corrected chi connectivity index (χ4v) is 6.09. The molecule has 7 heteroatoms. The molecule has 1 fully saturated rings. The quantitative estimate of drug-likeness (QED) is 0.732. The number of ether oxygens (including phenoxy) is 4. The second kappa shape index (κ2) is 7.77. The lowest BCUT2D eigenvalue weighted by atomic mass is 9.50. The van der Waals surface area contributed by atoms with Crippen molar-refractivity contribution in [1.29, 1.82) is 0 Å². The number of allylic oxidation sites excluding steroid dienone is 1. The average molecular weight is 430 g/mol. The summed E-state index contributed by atoms with van der Waals surface area (Å²) in [5.41, 5.74) is 2.37. The number of methoxy groups -OCH3 is 2. The van der Waals surface area contributed by atoms with Crippen LogP contribution in [0.1, 0.15) is 51.2 Å². The van der Waals surface area contributed by atoms with Gasteiger partial charge in [-0.25, -0.2) is 0 Å². The molecule has 0 radical (unpaired) electrons. The van der Waals surface area contributed by atoms with E-state index in [1.54, 1.807) is 13.2 Å². The van der Waals surface area contributed by atoms with Gasteiger partial charge in [0.1, 0.15) is 11.9 Å². The molecule has 7 nitrogen and oxygen atoms in total. The first-order valence-corrected chi connectivity index (χ1v) is 10.8. The summed E-state index contributed by atoms with van der Waals surface area (Å²) in [6, 6.07) is 3.81. The van der Waals surface area contributed by atoms with Gasteiger partial charge in [-0.05, 0) is 48.3 Å². The molecule has 3 unspecified atom stereocenters. The van der Waals surface area contributed by atoms with Gasteiger partial charge >= 0.3 is 11.9 Å². The van der Waals surface area contributed by atoms with Gasteiger partial charge in [-0.2, -0.15) is 0 Å². The van der Waals surface area contributed by atoms with Crippen molar-refractivity contribution >= 4 is 11.9 Å². The lowest BCUT2D eigenvalue weighted by Gasteiger charge is -2.56. The number of carbonyl (C=O) groups is 2. The van der Waals surface area contributed by atoms with Crippen LogP contribution in [-0.4, -0.2) is 43.5 Å². The van der Waals surface area contributed by atoms with Gasteiger partial charge in [0, 0.05) is 31.2 Å². The van der Waals surface area contributed by atoms with Crippen molar-refractivity contribution in [2.45, 2.75) is 64.1 Å². The van der Waals surface area contributed by atoms with Crippen LogP contribution in [0.5, 0.6) is 11.5 Å². The van der Waals surface area contributed by atoms with E-state index in [1.165, 1.54) is 21.0 Å². The zero-order valence-corrected chi connectivity index (χ0v) is 18.7. The van der Waals surface area contributed by atoms with Crippen molar-refractivity contribution in [3.05, 3.63) is 34.6 Å². The minimum absolute atomic E-state index is 0.119. The highest BCUT2D eigenvalue weighted by Crippen LogP contribution is 2.62. The Morgan fingerprint density at radius 3 is 2.42 bits per heavy atom. The smallest absolute Gasteiger partial charge is 0.303 e. The Kier molecular flexibility index (Phi) is 5.40. The first-order valence-electron chi connectivity index (χ1n) is 10.8. The zero-order valence-electron chi connectivity index (χ0n) is 18.7. The number of benzene rings is 1. The maximum absolute atomic E-state index is 11.9. The first-order chi connectivity index (χ1) is 14.7. The summed E-state index contributed by atoms with van der Waals surface area (Å²) in [4.78, 5) is 23.9. The molecule has 1 aromatic carbocycles. The van der Waals surface area contributed by atoms with Crippen LogP contribution < -0.4 is 4.74 Å². The molecule has 1 saturated carbocycles. The van der Waals surface area contributed by atoms with Gasteiger partial charge in [-0.1, -0.05) is 13.0 Å². The third-order valence-corrected chi connectivity index (χ3v) is 7.21. The van der Waals surface area contributed by atoms with Crippen molar-refractivity contribution in [2.75, 3.05) is 14.2 Å². The molecule has 1 aromatic rings. The second-order valence-electron chi connectivity index (χ2n) is 8.92. The van der Waals surface area contributed by atoms with E-state index in [-0.39, 0.29) is 11.7 Å². The Bertz CT molecular complexity index is 949. The number of fused-ring (bicyclic) bond motifs is 1. The van der Waals surface area contributed by atoms with Gasteiger partial charge < -0.3 is 24.1 Å². The molecule has 0 aliphatic heterocycles. The van der Waals surface area contributed by atoms with Crippen molar-refractivity contribution in [3.8, 4) is 11.5 Å². The summed E-state index contributed by atoms with van der Waals surface area (Å²) in [6.45, 7) is 4.90. The number of esters is 2. The van der Waals surface area contributed by atoms with Gasteiger partial charge in [0.05, 0.1) is 14.2 Å². The molecule has 31 heavy (non-hydrogen) atoms. The molecule has 0 heterocycles. The van der Waals surface area contributed by atoms with Gasteiger partial charge in [0.2, 0.25) is 0 Å². The van der Waals surface area contributed by atoms with E-state index in [2.05, 4.69) is 6.92 Å². The molecule has 3 aliphatic carbocycles. The van der Waals surface area contributed by atoms with Crippen LogP contribution in [0.15, 0.2) is 23.5 Å². The van der Waals surface area contributed by atoms with Crippen molar-refractivity contribution in [2.24, 2.45) is 11.8 Å². The monoisotopic (exact) mass is 430 g/mol. The summed E-state index contributed by atoms with van der Waals surface area (Å²) >= 11 is 0.